The molecule has 436 valence electrons. The second-order valence-corrected chi connectivity index (χ2v) is 22.3. The third-order valence-electron chi connectivity index (χ3n) is 15.0. The van der Waals surface area contributed by atoms with E-state index in [4.69, 9.17) is 46.8 Å². The number of amides is 2. The van der Waals surface area contributed by atoms with Crippen molar-refractivity contribution in [2.45, 2.75) is 102 Å². The molecular weight excluding hydrogens is 1100 g/mol. The Morgan fingerprint density at radius 3 is 1.73 bits per heavy atom. The maximum Gasteiger partial charge on any atom is 0.501 e. The van der Waals surface area contributed by atoms with Gasteiger partial charge in [0.15, 0.2) is 40.3 Å². The van der Waals surface area contributed by atoms with Gasteiger partial charge < -0.3 is 76.1 Å². The van der Waals surface area contributed by atoms with E-state index < -0.39 is 59.2 Å². The van der Waals surface area contributed by atoms with Crippen molar-refractivity contribution in [3.05, 3.63) is 124 Å². The van der Waals surface area contributed by atoms with Gasteiger partial charge in [-0.3, -0.25) is 24.4 Å². The highest BCUT2D eigenvalue weighted by Crippen LogP contribution is 2.42. The lowest BCUT2D eigenvalue weighted by atomic mass is 9.99. The summed E-state index contributed by atoms with van der Waals surface area (Å²) in [6.45, 7) is 2.96. The average Bonchev–Trinajstić information content (AvgIpc) is 3.37. The molecule has 1 fully saturated rings. The van der Waals surface area contributed by atoms with Crippen LogP contribution in [0.5, 0.6) is 40.2 Å². The summed E-state index contributed by atoms with van der Waals surface area (Å²) >= 11 is 0. The molecule has 83 heavy (non-hydrogen) atoms. The summed E-state index contributed by atoms with van der Waals surface area (Å²) in [6, 6.07) is 13.6. The quantitative estimate of drug-likeness (QED) is 0.0884. The van der Waals surface area contributed by atoms with Crippen molar-refractivity contribution in [3.63, 3.8) is 0 Å². The first kappa shape index (κ1) is 56.5. The normalized spacial score (nSPS) is 21.6. The molecule has 26 heteroatoms. The Morgan fingerprint density at radius 1 is 0.687 bits per heavy atom. The summed E-state index contributed by atoms with van der Waals surface area (Å²) in [6.07, 6.45) is -0.583. The largest absolute Gasteiger partial charge is 0.501 e. The van der Waals surface area contributed by atoms with Crippen LogP contribution < -0.4 is 32.1 Å². The molecule has 0 spiro atoms. The van der Waals surface area contributed by atoms with Gasteiger partial charge in [0.25, 0.3) is 11.8 Å². The molecule has 1 saturated heterocycles. The van der Waals surface area contributed by atoms with Crippen LogP contribution in [0.25, 0.3) is 0 Å². The topological polar surface area (TPSA) is 307 Å². The summed E-state index contributed by atoms with van der Waals surface area (Å²) in [4.78, 5) is 63.5. The molecule has 6 aromatic rings. The standard InChI is InChI=1S/C57H60N8O17S/c1-29(2)9-44(67)32-7-8-45(79-57-54(70)53(69)52(68)51(24-66)80-57)50(13-32)82-83(73,74)81-35-11-30(25-77-48-18-38-36(16-46(48)75-5)55(71)64-22-40-42(62(3)27-60-40)14-33(64)20-58-38)10-31(12-35)26-78-49-19-39-37(17-47(49)76-6)56(72)65-23-41-43(63(4)28-61-41)15-34(65)21-59-39/h7-8,10-13,16-21,27-29,33-34,51-54,57,66,68-70H,9,14-15,22-26H2,1-6H3/t33-,34-,51+,52-,53-,54+,57?/m0/s1. The Morgan fingerprint density at radius 2 is 1.23 bits per heavy atom. The van der Waals surface area contributed by atoms with Gasteiger partial charge in [-0.05, 0) is 65.6 Å². The van der Waals surface area contributed by atoms with Crippen LogP contribution in [-0.2, 0) is 68.4 Å². The number of aryl methyl sites for hydroxylation is 2. The monoisotopic (exact) mass is 1160 g/mol. The molecular formula is C57H60N8O17S. The van der Waals surface area contributed by atoms with Crippen LogP contribution in [0.1, 0.15) is 85.2 Å². The number of hydrogen-bond acceptors (Lipinski definition) is 21. The number of ether oxygens (including phenoxy) is 6. The maximum absolute atomic E-state index is 14.2. The van der Waals surface area contributed by atoms with Gasteiger partial charge in [-0.1, -0.05) is 13.8 Å². The van der Waals surface area contributed by atoms with Crippen molar-refractivity contribution in [3.8, 4) is 40.2 Å². The number of imidazole rings is 2. The third-order valence-corrected chi connectivity index (χ3v) is 15.8. The average molecular weight is 1160 g/mol. The number of ketones is 1. The van der Waals surface area contributed by atoms with Gasteiger partial charge in [0.2, 0.25) is 6.29 Å². The first-order valence-corrected chi connectivity index (χ1v) is 27.9. The fraction of sp³-hybridized carbons (Fsp3) is 0.386. The van der Waals surface area contributed by atoms with Gasteiger partial charge >= 0.3 is 10.4 Å². The van der Waals surface area contributed by atoms with E-state index >= 15 is 0 Å². The Labute approximate surface area is 476 Å². The molecule has 0 aliphatic carbocycles. The molecule has 0 bridgehead atoms. The van der Waals surface area contributed by atoms with E-state index in [9.17, 15) is 43.2 Å². The Kier molecular flexibility index (Phi) is 15.5. The lowest BCUT2D eigenvalue weighted by molar-refractivity contribution is -0.277. The van der Waals surface area contributed by atoms with Crippen LogP contribution in [0.2, 0.25) is 0 Å². The number of Topliss-reactive ketones (excluding diaryl/α,β-unsaturated/α-hetero) is 1. The van der Waals surface area contributed by atoms with E-state index in [0.717, 1.165) is 28.8 Å². The van der Waals surface area contributed by atoms with E-state index in [-0.39, 0.29) is 114 Å². The summed E-state index contributed by atoms with van der Waals surface area (Å²) in [5.74, 6) is -1.47. The predicted molar refractivity (Wildman–Crippen MR) is 293 cm³/mol. The highest BCUT2D eigenvalue weighted by molar-refractivity contribution is 7.82. The number of carbonyl (C=O) groups is 3. The summed E-state index contributed by atoms with van der Waals surface area (Å²) < 4.78 is 79.1. The van der Waals surface area contributed by atoms with Crippen molar-refractivity contribution in [1.82, 2.24) is 28.9 Å². The Hall–Kier alpha value is -8.40. The zero-order valence-corrected chi connectivity index (χ0v) is 46.8. The van der Waals surface area contributed by atoms with Crippen molar-refractivity contribution < 1.29 is 80.0 Å². The number of hydrogen-bond donors (Lipinski definition) is 4. The first-order valence-electron chi connectivity index (χ1n) is 26.6. The van der Waals surface area contributed by atoms with Gasteiger partial charge in [-0.15, -0.1) is 8.42 Å². The molecule has 11 rings (SSSR count). The molecule has 2 amide bonds. The van der Waals surface area contributed by atoms with Gasteiger partial charge in [0.1, 0.15) is 43.4 Å². The highest BCUT2D eigenvalue weighted by atomic mass is 32.3. The smallest absolute Gasteiger partial charge is 0.493 e. The van der Waals surface area contributed by atoms with Crippen LogP contribution in [0.15, 0.2) is 83.3 Å². The summed E-state index contributed by atoms with van der Waals surface area (Å²) in [7, 11) is 1.45. The predicted octanol–water partition coefficient (Wildman–Crippen LogP) is 4.00. The van der Waals surface area contributed by atoms with E-state index in [1.165, 1.54) is 38.5 Å². The lowest BCUT2D eigenvalue weighted by Gasteiger charge is -2.39. The van der Waals surface area contributed by atoms with Crippen molar-refractivity contribution in [2.75, 3.05) is 20.8 Å². The summed E-state index contributed by atoms with van der Waals surface area (Å²) in [5.41, 5.74) is 5.53. The minimum absolute atomic E-state index is 0.0349. The molecule has 7 heterocycles. The van der Waals surface area contributed by atoms with E-state index in [1.54, 1.807) is 65.2 Å². The van der Waals surface area contributed by atoms with Crippen LogP contribution in [0.4, 0.5) is 11.4 Å². The Bertz CT molecular complexity index is 3550. The van der Waals surface area contributed by atoms with E-state index in [2.05, 4.69) is 9.97 Å². The fourth-order valence-corrected chi connectivity index (χ4v) is 11.4. The summed E-state index contributed by atoms with van der Waals surface area (Å²) in [5, 5.41) is 41.5. The van der Waals surface area contributed by atoms with Crippen molar-refractivity contribution >= 4 is 51.8 Å². The molecule has 4 N–H and O–H groups in total. The van der Waals surface area contributed by atoms with E-state index in [0.29, 0.717) is 35.3 Å². The van der Waals surface area contributed by atoms with Gasteiger partial charge in [0, 0.05) is 74.9 Å². The number of aliphatic hydroxyl groups is 4. The van der Waals surface area contributed by atoms with Gasteiger partial charge in [-0.2, -0.15) is 0 Å². The molecule has 25 nitrogen and oxygen atoms in total. The minimum atomic E-state index is -5.20. The van der Waals surface area contributed by atoms with Crippen molar-refractivity contribution in [2.24, 2.45) is 30.0 Å². The number of fused-ring (bicyclic) bond motifs is 6. The number of aromatic nitrogens is 4. The number of aliphatic imine (C=N–C) groups is 2. The number of nitrogens with zero attached hydrogens (tertiary/aromatic N) is 8. The Balaban J connectivity index is 0.900. The molecule has 0 saturated carbocycles. The second kappa shape index (κ2) is 22.7. The zero-order valence-electron chi connectivity index (χ0n) is 45.9. The molecule has 7 atom stereocenters. The van der Waals surface area contributed by atoms with Crippen LogP contribution >= 0.6 is 0 Å². The number of aliphatic hydroxyl groups excluding tert-OH is 4. The molecule has 4 aromatic carbocycles. The first-order chi connectivity index (χ1) is 39.8. The molecule has 1 unspecified atom stereocenters. The molecule has 0 radical (unpaired) electrons. The fourth-order valence-electron chi connectivity index (χ4n) is 10.7. The lowest BCUT2D eigenvalue weighted by Crippen LogP contribution is -2.60. The van der Waals surface area contributed by atoms with E-state index in [1.807, 2.05) is 37.1 Å². The zero-order chi connectivity index (χ0) is 58.6. The van der Waals surface area contributed by atoms with Crippen molar-refractivity contribution in [1.29, 1.82) is 0 Å². The highest BCUT2D eigenvalue weighted by Gasteiger charge is 2.45. The minimum Gasteiger partial charge on any atom is -0.493 e. The molecule has 5 aliphatic rings. The SMILES string of the molecule is COc1cc2c(cc1OCc1cc(COc3cc4c(cc3OC)C(=O)N3Cc5ncn(C)c5C[C@H]3C=N4)cc(OS(=O)(=O)Oc3cc(C(=O)CC(C)C)ccc3OC3O[C@H](CO)[C@H](O)[C@H](O)[C@H]3O)c1)N=C[C@@H]1Cc3c(ncn3C)CN1C2=O. The maximum atomic E-state index is 14.2. The number of rotatable bonds is 18. The van der Waals surface area contributed by atoms with Gasteiger partial charge in [-0.25, -0.2) is 9.97 Å². The number of methoxy groups -OCH3 is 2. The van der Waals surface area contributed by atoms with Crippen LogP contribution in [0.3, 0.4) is 0 Å². The molecule has 2 aromatic heterocycles. The molecule has 5 aliphatic heterocycles. The van der Waals surface area contributed by atoms with Gasteiger partial charge in [0.05, 0.1) is 92.5 Å². The second-order valence-electron chi connectivity index (χ2n) is 21.1. The third kappa shape index (κ3) is 11.3. The number of carbonyl (C=O) groups excluding carboxylic acids is 3. The van der Waals surface area contributed by atoms with Crippen LogP contribution in [-0.4, -0.2) is 151 Å². The van der Waals surface area contributed by atoms with Crippen LogP contribution in [0, 0.1) is 5.92 Å². The number of benzene rings is 4.